The largest absolute Gasteiger partial charge is 0.314 e. The summed E-state index contributed by atoms with van der Waals surface area (Å²) in [6.07, 6.45) is 10.4. The maximum absolute atomic E-state index is 4.58. The molecule has 2 aliphatic carbocycles. The van der Waals surface area contributed by atoms with Crippen LogP contribution in [0.1, 0.15) is 50.3 Å². The molecule has 1 heterocycles. The van der Waals surface area contributed by atoms with E-state index in [1.165, 1.54) is 43.4 Å². The first kappa shape index (κ1) is 14.1. The highest BCUT2D eigenvalue weighted by molar-refractivity contribution is 5.18. The van der Waals surface area contributed by atoms with Crippen molar-refractivity contribution < 1.29 is 0 Å². The highest BCUT2D eigenvalue weighted by atomic mass is 14.9. The van der Waals surface area contributed by atoms with Crippen LogP contribution < -0.4 is 5.32 Å². The van der Waals surface area contributed by atoms with Crippen LogP contribution in [0.5, 0.6) is 0 Å². The fraction of sp³-hybridized carbons (Fsp3) is 0.722. The second kappa shape index (κ2) is 6.26. The molecule has 2 bridgehead atoms. The van der Waals surface area contributed by atoms with Crippen LogP contribution in [0.25, 0.3) is 0 Å². The minimum atomic E-state index is 0.609. The first-order valence-corrected chi connectivity index (χ1v) is 8.40. The number of rotatable bonds is 6. The van der Waals surface area contributed by atoms with Gasteiger partial charge in [-0.05, 0) is 68.5 Å². The summed E-state index contributed by atoms with van der Waals surface area (Å²) in [5.41, 5.74) is 2.62. The number of fused-ring (bicyclic) bond motifs is 2. The van der Waals surface area contributed by atoms with Crippen LogP contribution in [-0.2, 0) is 6.42 Å². The van der Waals surface area contributed by atoms with Crippen molar-refractivity contribution in [2.75, 3.05) is 6.54 Å². The number of pyridine rings is 1. The topological polar surface area (TPSA) is 24.9 Å². The molecule has 0 aliphatic heterocycles. The lowest BCUT2D eigenvalue weighted by molar-refractivity contribution is 0.277. The van der Waals surface area contributed by atoms with Gasteiger partial charge in [0.2, 0.25) is 0 Å². The number of aromatic nitrogens is 1. The van der Waals surface area contributed by atoms with E-state index in [1.807, 2.05) is 12.3 Å². The quantitative estimate of drug-likeness (QED) is 0.853. The predicted octanol–water partition coefficient (Wildman–Crippen LogP) is 3.74. The molecule has 0 amide bonds. The number of hydrogen-bond donors (Lipinski definition) is 1. The predicted molar refractivity (Wildman–Crippen MR) is 83.7 cm³/mol. The lowest BCUT2D eigenvalue weighted by Crippen LogP contribution is -2.34. The summed E-state index contributed by atoms with van der Waals surface area (Å²) in [6, 6.07) is 4.83. The molecule has 2 fully saturated rings. The van der Waals surface area contributed by atoms with E-state index in [9.17, 15) is 0 Å². The molecule has 110 valence electrons. The normalized spacial score (nSPS) is 29.8. The van der Waals surface area contributed by atoms with Crippen LogP contribution in [-0.4, -0.2) is 17.6 Å². The maximum atomic E-state index is 4.58. The van der Waals surface area contributed by atoms with Gasteiger partial charge in [-0.3, -0.25) is 4.98 Å². The molecule has 1 N–H and O–H groups in total. The second-order valence-corrected chi connectivity index (χ2v) is 6.90. The van der Waals surface area contributed by atoms with E-state index >= 15 is 0 Å². The van der Waals surface area contributed by atoms with Crippen LogP contribution in [0, 0.1) is 24.7 Å². The van der Waals surface area contributed by atoms with Crippen molar-refractivity contribution in [3.05, 3.63) is 29.6 Å². The Labute approximate surface area is 123 Å². The maximum Gasteiger partial charge on any atom is 0.0448 e. The van der Waals surface area contributed by atoms with Gasteiger partial charge in [0, 0.05) is 24.4 Å². The van der Waals surface area contributed by atoms with E-state index in [2.05, 4.69) is 30.2 Å². The molecule has 2 saturated carbocycles. The minimum absolute atomic E-state index is 0.609. The molecule has 0 saturated heterocycles. The van der Waals surface area contributed by atoms with E-state index in [0.717, 1.165) is 30.7 Å². The molecular weight excluding hydrogens is 244 g/mol. The van der Waals surface area contributed by atoms with Crippen molar-refractivity contribution in [1.82, 2.24) is 10.3 Å². The van der Waals surface area contributed by atoms with Crippen molar-refractivity contribution in [1.29, 1.82) is 0 Å². The zero-order chi connectivity index (χ0) is 13.9. The summed E-state index contributed by atoms with van der Waals surface area (Å²) >= 11 is 0. The Kier molecular flexibility index (Phi) is 4.40. The number of nitrogens with one attached hydrogen (secondary N) is 1. The van der Waals surface area contributed by atoms with Gasteiger partial charge in [0.05, 0.1) is 0 Å². The van der Waals surface area contributed by atoms with Crippen molar-refractivity contribution in [2.45, 2.75) is 58.4 Å². The first-order chi connectivity index (χ1) is 9.76. The van der Waals surface area contributed by atoms with Crippen LogP contribution in [0.4, 0.5) is 0 Å². The fourth-order valence-electron chi connectivity index (χ4n) is 4.52. The van der Waals surface area contributed by atoms with Gasteiger partial charge in [0.1, 0.15) is 0 Å². The summed E-state index contributed by atoms with van der Waals surface area (Å²) in [6.45, 7) is 5.47. The Morgan fingerprint density at radius 3 is 2.90 bits per heavy atom. The van der Waals surface area contributed by atoms with Gasteiger partial charge in [-0.2, -0.15) is 0 Å². The van der Waals surface area contributed by atoms with Gasteiger partial charge in [0.15, 0.2) is 0 Å². The number of aryl methyl sites for hydroxylation is 1. The van der Waals surface area contributed by atoms with Gasteiger partial charge in [0.25, 0.3) is 0 Å². The van der Waals surface area contributed by atoms with E-state index in [1.54, 1.807) is 0 Å². The van der Waals surface area contributed by atoms with Crippen LogP contribution in [0.15, 0.2) is 18.3 Å². The van der Waals surface area contributed by atoms with Crippen molar-refractivity contribution in [3.63, 3.8) is 0 Å². The molecule has 2 heteroatoms. The zero-order valence-corrected chi connectivity index (χ0v) is 12.9. The summed E-state index contributed by atoms with van der Waals surface area (Å²) in [7, 11) is 0. The summed E-state index contributed by atoms with van der Waals surface area (Å²) in [5, 5.41) is 3.70. The monoisotopic (exact) mass is 272 g/mol. The Morgan fingerprint density at radius 1 is 1.35 bits per heavy atom. The fourth-order valence-corrected chi connectivity index (χ4v) is 4.52. The van der Waals surface area contributed by atoms with Crippen molar-refractivity contribution in [3.8, 4) is 0 Å². The van der Waals surface area contributed by atoms with Gasteiger partial charge in [-0.1, -0.05) is 19.4 Å². The molecule has 2 nitrogen and oxygen atoms in total. The lowest BCUT2D eigenvalue weighted by Gasteiger charge is -2.27. The summed E-state index contributed by atoms with van der Waals surface area (Å²) in [5.74, 6) is 3.07. The van der Waals surface area contributed by atoms with E-state index < -0.39 is 0 Å². The summed E-state index contributed by atoms with van der Waals surface area (Å²) in [4.78, 5) is 4.58. The molecule has 3 rings (SSSR count). The van der Waals surface area contributed by atoms with Gasteiger partial charge >= 0.3 is 0 Å². The van der Waals surface area contributed by atoms with E-state index in [4.69, 9.17) is 0 Å². The van der Waals surface area contributed by atoms with Gasteiger partial charge in [-0.15, -0.1) is 0 Å². The summed E-state index contributed by atoms with van der Waals surface area (Å²) < 4.78 is 0. The SMILES string of the molecule is CCNC(Cc1ncccc1C)CC1CC2CCC1C2. The highest BCUT2D eigenvalue weighted by Gasteiger charge is 2.40. The number of likely N-dealkylation sites (N-methyl/N-ethyl adjacent to an activating group) is 1. The van der Waals surface area contributed by atoms with E-state index in [0.29, 0.717) is 6.04 Å². The van der Waals surface area contributed by atoms with Crippen LogP contribution >= 0.6 is 0 Å². The lowest BCUT2D eigenvalue weighted by atomic mass is 9.83. The molecule has 1 aromatic rings. The van der Waals surface area contributed by atoms with E-state index in [-0.39, 0.29) is 0 Å². The molecule has 0 aromatic carbocycles. The number of nitrogens with zero attached hydrogens (tertiary/aromatic N) is 1. The van der Waals surface area contributed by atoms with Gasteiger partial charge < -0.3 is 5.32 Å². The van der Waals surface area contributed by atoms with Crippen LogP contribution in [0.3, 0.4) is 0 Å². The Morgan fingerprint density at radius 2 is 2.25 bits per heavy atom. The standard InChI is InChI=1S/C18H28N2/c1-3-19-17(12-18-13(2)5-4-8-20-18)11-16-10-14-6-7-15(16)9-14/h4-5,8,14-17,19H,3,6-7,9-12H2,1-2H3. The first-order valence-electron chi connectivity index (χ1n) is 8.40. The van der Waals surface area contributed by atoms with Gasteiger partial charge in [-0.25, -0.2) is 0 Å². The average Bonchev–Trinajstić information content (AvgIpc) is 3.04. The Bertz CT molecular complexity index is 443. The number of hydrogen-bond acceptors (Lipinski definition) is 2. The van der Waals surface area contributed by atoms with Crippen molar-refractivity contribution in [2.24, 2.45) is 17.8 Å². The molecule has 4 atom stereocenters. The highest BCUT2D eigenvalue weighted by Crippen LogP contribution is 2.49. The molecule has 4 unspecified atom stereocenters. The molecule has 0 radical (unpaired) electrons. The third-order valence-electron chi connectivity index (χ3n) is 5.52. The smallest absolute Gasteiger partial charge is 0.0448 e. The molecule has 2 aliphatic rings. The molecule has 1 aromatic heterocycles. The molecule has 0 spiro atoms. The van der Waals surface area contributed by atoms with Crippen LogP contribution in [0.2, 0.25) is 0 Å². The zero-order valence-electron chi connectivity index (χ0n) is 12.9. The van der Waals surface area contributed by atoms with Crippen molar-refractivity contribution >= 4 is 0 Å². The Balaban J connectivity index is 1.62. The third kappa shape index (κ3) is 3.06. The molecule has 20 heavy (non-hydrogen) atoms. The molecular formula is C18H28N2. The average molecular weight is 272 g/mol. The second-order valence-electron chi connectivity index (χ2n) is 6.90. The minimum Gasteiger partial charge on any atom is -0.314 e. The third-order valence-corrected chi connectivity index (χ3v) is 5.52. The Hall–Kier alpha value is -0.890.